The number of carbonyl (C=O) groups is 1. The van der Waals surface area contributed by atoms with Crippen LogP contribution in [-0.2, 0) is 5.41 Å². The van der Waals surface area contributed by atoms with Crippen molar-refractivity contribution in [1.29, 1.82) is 0 Å². The predicted molar refractivity (Wildman–Crippen MR) is 107 cm³/mol. The highest BCUT2D eigenvalue weighted by atomic mass is 19.1. The maximum Gasteiger partial charge on any atom is 0.251 e. The number of pyridine rings is 1. The molecule has 0 unspecified atom stereocenters. The van der Waals surface area contributed by atoms with Gasteiger partial charge in [-0.1, -0.05) is 12.1 Å². The summed E-state index contributed by atoms with van der Waals surface area (Å²) in [6, 6.07) is 9.80. The molecule has 2 aromatic heterocycles. The number of benzene rings is 1. The van der Waals surface area contributed by atoms with Crippen molar-refractivity contribution in [3.8, 4) is 11.3 Å². The molecule has 154 valence electrons. The molecule has 0 atom stereocenters. The Morgan fingerprint density at radius 1 is 1.20 bits per heavy atom. The molecule has 1 amide bonds. The van der Waals surface area contributed by atoms with E-state index >= 15 is 0 Å². The highest BCUT2D eigenvalue weighted by Crippen LogP contribution is 2.45. The minimum atomic E-state index is -0.984. The summed E-state index contributed by atoms with van der Waals surface area (Å²) >= 11 is 0. The van der Waals surface area contributed by atoms with Gasteiger partial charge in [0.15, 0.2) is 0 Å². The monoisotopic (exact) mass is 410 g/mol. The summed E-state index contributed by atoms with van der Waals surface area (Å²) < 4.78 is 27.9. The third-order valence-electron chi connectivity index (χ3n) is 5.28. The highest BCUT2D eigenvalue weighted by molar-refractivity contribution is 5.95. The van der Waals surface area contributed by atoms with Gasteiger partial charge in [-0.05, 0) is 37.1 Å². The number of hydrogen-bond acceptors (Lipinski definition) is 6. The Morgan fingerprint density at radius 2 is 2.03 bits per heavy atom. The van der Waals surface area contributed by atoms with Gasteiger partial charge in [-0.15, -0.1) is 10.2 Å². The van der Waals surface area contributed by atoms with Gasteiger partial charge in [0, 0.05) is 36.3 Å². The summed E-state index contributed by atoms with van der Waals surface area (Å²) in [5, 5.41) is 13.8. The van der Waals surface area contributed by atoms with E-state index in [1.54, 1.807) is 31.3 Å². The molecule has 1 aliphatic carbocycles. The predicted octanol–water partition coefficient (Wildman–Crippen LogP) is 2.91. The molecule has 0 radical (unpaired) electrons. The van der Waals surface area contributed by atoms with Crippen LogP contribution in [0, 0.1) is 5.82 Å². The molecule has 1 fully saturated rings. The molecule has 1 saturated carbocycles. The van der Waals surface area contributed by atoms with E-state index in [1.165, 1.54) is 24.5 Å². The lowest BCUT2D eigenvalue weighted by Crippen LogP contribution is -2.49. The number of rotatable bonds is 6. The van der Waals surface area contributed by atoms with E-state index in [9.17, 15) is 13.6 Å². The fourth-order valence-corrected chi connectivity index (χ4v) is 3.69. The average molecular weight is 410 g/mol. The molecule has 0 aliphatic heterocycles. The van der Waals surface area contributed by atoms with Crippen molar-refractivity contribution in [3.05, 3.63) is 65.9 Å². The van der Waals surface area contributed by atoms with Crippen LogP contribution in [0.5, 0.6) is 0 Å². The van der Waals surface area contributed by atoms with Gasteiger partial charge in [0.05, 0.1) is 11.9 Å². The van der Waals surface area contributed by atoms with Crippen LogP contribution in [0.4, 0.5) is 14.7 Å². The largest absolute Gasteiger partial charge is 0.355 e. The quantitative estimate of drug-likeness (QED) is 0.649. The second-order valence-corrected chi connectivity index (χ2v) is 7.30. The van der Waals surface area contributed by atoms with E-state index < -0.39 is 17.4 Å². The highest BCUT2D eigenvalue weighted by Gasteiger charge is 2.48. The van der Waals surface area contributed by atoms with Gasteiger partial charge in [-0.2, -0.15) is 0 Å². The number of nitrogens with one attached hydrogen (secondary N) is 2. The smallest absolute Gasteiger partial charge is 0.251 e. The first-order valence-electron chi connectivity index (χ1n) is 9.52. The molecular weight excluding hydrogens is 390 g/mol. The zero-order valence-electron chi connectivity index (χ0n) is 16.3. The molecule has 2 heterocycles. The third kappa shape index (κ3) is 3.83. The van der Waals surface area contributed by atoms with E-state index in [0.29, 0.717) is 16.8 Å². The Morgan fingerprint density at radius 3 is 2.70 bits per heavy atom. The molecular formula is C21H20F2N6O. The normalized spacial score (nSPS) is 20.3. The van der Waals surface area contributed by atoms with Crippen LogP contribution in [0.1, 0.15) is 28.9 Å². The van der Waals surface area contributed by atoms with Crippen molar-refractivity contribution in [2.45, 2.75) is 24.4 Å². The van der Waals surface area contributed by atoms with Crippen molar-refractivity contribution in [3.63, 3.8) is 0 Å². The molecule has 0 bridgehead atoms. The van der Waals surface area contributed by atoms with E-state index in [1.807, 2.05) is 0 Å². The first kappa shape index (κ1) is 19.8. The fourth-order valence-electron chi connectivity index (χ4n) is 3.69. The van der Waals surface area contributed by atoms with Crippen LogP contribution in [0.15, 0.2) is 48.8 Å². The molecule has 4 rings (SSSR count). The lowest BCUT2D eigenvalue weighted by atomic mass is 9.65. The summed E-state index contributed by atoms with van der Waals surface area (Å²) in [4.78, 5) is 20.2. The van der Waals surface area contributed by atoms with Crippen LogP contribution in [0.3, 0.4) is 0 Å². The number of hydrogen-bond donors (Lipinski definition) is 2. The van der Waals surface area contributed by atoms with E-state index in [4.69, 9.17) is 0 Å². The minimum absolute atomic E-state index is 0.186. The number of nitrogens with zero attached hydrogens (tertiary/aromatic N) is 4. The van der Waals surface area contributed by atoms with Crippen LogP contribution < -0.4 is 10.6 Å². The van der Waals surface area contributed by atoms with Crippen LogP contribution in [-0.4, -0.2) is 45.8 Å². The van der Waals surface area contributed by atoms with Gasteiger partial charge in [0.25, 0.3) is 5.91 Å². The molecule has 0 spiro atoms. The van der Waals surface area contributed by atoms with E-state index in [2.05, 4.69) is 30.8 Å². The standard InChI is InChI=1S/C21H20F2N6O/c1-24-19(30)14-5-2-4-13(8-14)17-11-26-20(29-28-17)27-12-21(9-15(22)10-21)18-16(23)6-3-7-25-18/h2-8,11,15H,9-10,12H2,1H3,(H,24,30)(H,26,27,29). The Balaban J connectivity index is 1.49. The molecule has 7 nitrogen and oxygen atoms in total. The van der Waals surface area contributed by atoms with Crippen molar-refractivity contribution >= 4 is 11.9 Å². The number of carbonyl (C=O) groups excluding carboxylic acids is 1. The summed E-state index contributed by atoms with van der Waals surface area (Å²) in [5.41, 5.74) is 1.22. The molecule has 2 N–H and O–H groups in total. The number of alkyl halides is 1. The SMILES string of the molecule is CNC(=O)c1cccc(-c2cnc(NCC3(c4ncccc4F)CC(F)C3)nn2)c1. The zero-order valence-corrected chi connectivity index (χ0v) is 16.3. The lowest BCUT2D eigenvalue weighted by molar-refractivity contribution is 0.0958. The van der Waals surface area contributed by atoms with Crippen molar-refractivity contribution in [2.75, 3.05) is 18.9 Å². The van der Waals surface area contributed by atoms with E-state index in [0.717, 1.165) is 0 Å². The molecule has 0 saturated heterocycles. The number of aromatic nitrogens is 4. The summed E-state index contributed by atoms with van der Waals surface area (Å²) in [6.45, 7) is 0.245. The van der Waals surface area contributed by atoms with Crippen LogP contribution in [0.25, 0.3) is 11.3 Å². The Labute approximate surface area is 172 Å². The Kier molecular flexibility index (Phi) is 5.35. The van der Waals surface area contributed by atoms with E-state index in [-0.39, 0.29) is 36.9 Å². The Hall–Kier alpha value is -3.49. The van der Waals surface area contributed by atoms with Gasteiger partial charge >= 0.3 is 0 Å². The number of anilines is 1. The van der Waals surface area contributed by atoms with Crippen molar-refractivity contribution < 1.29 is 13.6 Å². The van der Waals surface area contributed by atoms with Gasteiger partial charge in [-0.3, -0.25) is 9.78 Å². The summed E-state index contributed by atoms with van der Waals surface area (Å²) in [6.07, 6.45) is 2.43. The molecule has 3 aromatic rings. The van der Waals surface area contributed by atoms with Crippen molar-refractivity contribution in [1.82, 2.24) is 25.5 Å². The van der Waals surface area contributed by atoms with Gasteiger partial charge in [0.1, 0.15) is 17.7 Å². The van der Waals surface area contributed by atoms with Crippen LogP contribution in [0.2, 0.25) is 0 Å². The second kappa shape index (κ2) is 8.10. The Bertz CT molecular complexity index is 1050. The van der Waals surface area contributed by atoms with Gasteiger partial charge < -0.3 is 10.6 Å². The number of amides is 1. The maximum atomic E-state index is 14.2. The van der Waals surface area contributed by atoms with Gasteiger partial charge in [0.2, 0.25) is 5.95 Å². The maximum absolute atomic E-state index is 14.2. The van der Waals surface area contributed by atoms with Gasteiger partial charge in [-0.25, -0.2) is 13.8 Å². The average Bonchev–Trinajstić information content (AvgIpc) is 2.76. The minimum Gasteiger partial charge on any atom is -0.355 e. The zero-order chi connectivity index (χ0) is 21.1. The lowest BCUT2D eigenvalue weighted by Gasteiger charge is -2.43. The summed E-state index contributed by atoms with van der Waals surface area (Å²) in [5.74, 6) is -0.398. The topological polar surface area (TPSA) is 92.7 Å². The number of halogens is 2. The summed E-state index contributed by atoms with van der Waals surface area (Å²) in [7, 11) is 1.56. The van der Waals surface area contributed by atoms with Crippen LogP contribution >= 0.6 is 0 Å². The molecule has 1 aliphatic rings. The first-order valence-corrected chi connectivity index (χ1v) is 9.52. The second-order valence-electron chi connectivity index (χ2n) is 7.30. The molecule has 30 heavy (non-hydrogen) atoms. The fraction of sp³-hybridized carbons (Fsp3) is 0.286. The molecule has 9 heteroatoms. The third-order valence-corrected chi connectivity index (χ3v) is 5.28. The first-order chi connectivity index (χ1) is 14.5. The van der Waals surface area contributed by atoms with Crippen molar-refractivity contribution in [2.24, 2.45) is 0 Å². The molecule has 1 aromatic carbocycles.